The number of alkyl halides is 2. The Morgan fingerprint density at radius 2 is 1.81 bits per heavy atom. The van der Waals surface area contributed by atoms with Crippen LogP contribution in [0.1, 0.15) is 25.3 Å². The molecule has 0 aliphatic carbocycles. The van der Waals surface area contributed by atoms with Crippen LogP contribution in [0, 0.1) is 0 Å². The summed E-state index contributed by atoms with van der Waals surface area (Å²) in [6.07, 6.45) is 0. The highest BCUT2D eigenvalue weighted by Gasteiger charge is 2.42. The van der Waals surface area contributed by atoms with Crippen molar-refractivity contribution < 1.29 is 18.3 Å². The van der Waals surface area contributed by atoms with Gasteiger partial charge in [-0.3, -0.25) is 4.79 Å². The van der Waals surface area contributed by atoms with E-state index in [1.807, 2.05) is 0 Å². The number of ether oxygens (including phenoxy) is 1. The lowest BCUT2D eigenvalue weighted by molar-refractivity contribution is -0.143. The van der Waals surface area contributed by atoms with Crippen molar-refractivity contribution in [3.63, 3.8) is 0 Å². The predicted octanol–water partition coefficient (Wildman–Crippen LogP) is 3.02. The molecule has 0 spiro atoms. The molecule has 88 valence electrons. The topological polar surface area (TPSA) is 26.3 Å². The monoisotopic (exact) mass is 228 g/mol. The van der Waals surface area contributed by atoms with Gasteiger partial charge in [-0.2, -0.15) is 8.78 Å². The molecule has 0 fully saturated rings. The molecule has 0 aliphatic heterocycles. The van der Waals surface area contributed by atoms with Gasteiger partial charge < -0.3 is 4.74 Å². The summed E-state index contributed by atoms with van der Waals surface area (Å²) in [5.74, 6) is -4.97. The quantitative estimate of drug-likeness (QED) is 0.791. The zero-order chi connectivity index (χ0) is 12.3. The first-order valence-electron chi connectivity index (χ1n) is 4.92. The summed E-state index contributed by atoms with van der Waals surface area (Å²) < 4.78 is 31.8. The van der Waals surface area contributed by atoms with Gasteiger partial charge in [0, 0.05) is 6.92 Å². The largest absolute Gasteiger partial charge is 0.497 e. The fourth-order valence-corrected chi connectivity index (χ4v) is 1.41. The molecular weight excluding hydrogens is 214 g/mol. The second kappa shape index (κ2) is 4.60. The van der Waals surface area contributed by atoms with Crippen LogP contribution in [0.15, 0.2) is 24.3 Å². The summed E-state index contributed by atoms with van der Waals surface area (Å²) >= 11 is 0. The normalized spacial score (nSPS) is 13.3. The molecule has 16 heavy (non-hydrogen) atoms. The molecule has 1 atom stereocenters. The Kier molecular flexibility index (Phi) is 3.62. The maximum Gasteiger partial charge on any atom is 0.311 e. The van der Waals surface area contributed by atoms with E-state index in [0.29, 0.717) is 11.3 Å². The first-order valence-corrected chi connectivity index (χ1v) is 4.92. The van der Waals surface area contributed by atoms with Crippen LogP contribution in [0.25, 0.3) is 0 Å². The van der Waals surface area contributed by atoms with E-state index in [2.05, 4.69) is 0 Å². The van der Waals surface area contributed by atoms with Crippen LogP contribution in [0.2, 0.25) is 0 Å². The summed E-state index contributed by atoms with van der Waals surface area (Å²) in [5, 5.41) is 0. The van der Waals surface area contributed by atoms with Gasteiger partial charge >= 0.3 is 5.92 Å². The molecule has 0 radical (unpaired) electrons. The lowest BCUT2D eigenvalue weighted by Crippen LogP contribution is -2.32. The van der Waals surface area contributed by atoms with Crippen molar-refractivity contribution >= 4 is 5.78 Å². The average Bonchev–Trinajstić information content (AvgIpc) is 2.28. The first kappa shape index (κ1) is 12.6. The Morgan fingerprint density at radius 3 is 2.19 bits per heavy atom. The fraction of sp³-hybridized carbons (Fsp3) is 0.417. The van der Waals surface area contributed by atoms with Gasteiger partial charge in [-0.15, -0.1) is 0 Å². The minimum absolute atomic E-state index is 0.418. The molecular formula is C12H14F2O2. The SMILES string of the molecule is COc1ccc(C(C)C(F)(F)C(C)=O)cc1. The van der Waals surface area contributed by atoms with E-state index < -0.39 is 17.6 Å². The predicted molar refractivity (Wildman–Crippen MR) is 57.0 cm³/mol. The number of Topliss-reactive ketones (excluding diaryl/α,β-unsaturated/α-hetero) is 1. The molecule has 1 aromatic rings. The number of benzene rings is 1. The van der Waals surface area contributed by atoms with E-state index in [0.717, 1.165) is 6.92 Å². The molecule has 0 N–H and O–H groups in total. The van der Waals surface area contributed by atoms with Gasteiger partial charge in [0.1, 0.15) is 5.75 Å². The van der Waals surface area contributed by atoms with Crippen LogP contribution >= 0.6 is 0 Å². The van der Waals surface area contributed by atoms with Gasteiger partial charge in [-0.05, 0) is 17.7 Å². The van der Waals surface area contributed by atoms with E-state index in [4.69, 9.17) is 4.74 Å². The highest BCUT2D eigenvalue weighted by molar-refractivity contribution is 5.84. The van der Waals surface area contributed by atoms with E-state index in [9.17, 15) is 13.6 Å². The fourth-order valence-electron chi connectivity index (χ4n) is 1.41. The Hall–Kier alpha value is -1.45. The Morgan fingerprint density at radius 1 is 1.31 bits per heavy atom. The lowest BCUT2D eigenvalue weighted by atomic mass is 9.92. The maximum absolute atomic E-state index is 13.4. The number of methoxy groups -OCH3 is 1. The molecule has 0 aliphatic rings. The standard InChI is InChI=1S/C12H14F2O2/c1-8(12(13,14)9(2)15)10-4-6-11(16-3)7-5-10/h4-8H,1-3H3. The number of halogens is 2. The van der Waals surface area contributed by atoms with Gasteiger partial charge in [0.05, 0.1) is 13.0 Å². The third-order valence-electron chi connectivity index (χ3n) is 2.63. The van der Waals surface area contributed by atoms with Crippen molar-refractivity contribution in [1.82, 2.24) is 0 Å². The zero-order valence-electron chi connectivity index (χ0n) is 9.46. The number of rotatable bonds is 4. The highest BCUT2D eigenvalue weighted by atomic mass is 19.3. The summed E-state index contributed by atoms with van der Waals surface area (Å²) in [6.45, 7) is 2.24. The molecule has 0 heterocycles. The average molecular weight is 228 g/mol. The van der Waals surface area contributed by atoms with Crippen molar-refractivity contribution in [2.24, 2.45) is 0 Å². The molecule has 4 heteroatoms. The van der Waals surface area contributed by atoms with Crippen LogP contribution in [0.4, 0.5) is 8.78 Å². The molecule has 1 unspecified atom stereocenters. The summed E-state index contributed by atoms with van der Waals surface area (Å²) in [6, 6.07) is 6.28. The molecule has 0 bridgehead atoms. The van der Waals surface area contributed by atoms with Crippen LogP contribution in [-0.2, 0) is 4.79 Å². The molecule has 0 saturated carbocycles. The van der Waals surface area contributed by atoms with E-state index >= 15 is 0 Å². The second-order valence-electron chi connectivity index (χ2n) is 3.67. The van der Waals surface area contributed by atoms with Crippen LogP contribution < -0.4 is 4.74 Å². The molecule has 1 aromatic carbocycles. The lowest BCUT2D eigenvalue weighted by Gasteiger charge is -2.21. The van der Waals surface area contributed by atoms with Crippen molar-refractivity contribution in [1.29, 1.82) is 0 Å². The maximum atomic E-state index is 13.4. The Labute approximate surface area is 93.2 Å². The van der Waals surface area contributed by atoms with Crippen molar-refractivity contribution in [2.45, 2.75) is 25.7 Å². The van der Waals surface area contributed by atoms with Crippen molar-refractivity contribution in [3.8, 4) is 5.75 Å². The Balaban J connectivity index is 2.96. The zero-order valence-corrected chi connectivity index (χ0v) is 9.46. The smallest absolute Gasteiger partial charge is 0.311 e. The Bertz CT molecular complexity index is 371. The van der Waals surface area contributed by atoms with E-state index in [1.165, 1.54) is 14.0 Å². The van der Waals surface area contributed by atoms with Gasteiger partial charge in [0.2, 0.25) is 0 Å². The van der Waals surface area contributed by atoms with Gasteiger partial charge in [0.25, 0.3) is 0 Å². The van der Waals surface area contributed by atoms with Crippen LogP contribution in [-0.4, -0.2) is 18.8 Å². The van der Waals surface area contributed by atoms with Gasteiger partial charge in [0.15, 0.2) is 5.78 Å². The van der Waals surface area contributed by atoms with E-state index in [1.54, 1.807) is 24.3 Å². The molecule has 0 aromatic heterocycles. The van der Waals surface area contributed by atoms with Crippen molar-refractivity contribution in [3.05, 3.63) is 29.8 Å². The van der Waals surface area contributed by atoms with E-state index in [-0.39, 0.29) is 0 Å². The van der Waals surface area contributed by atoms with Crippen molar-refractivity contribution in [2.75, 3.05) is 7.11 Å². The number of carbonyl (C=O) groups is 1. The third-order valence-corrected chi connectivity index (χ3v) is 2.63. The number of ketones is 1. The van der Waals surface area contributed by atoms with Gasteiger partial charge in [-0.25, -0.2) is 0 Å². The molecule has 2 nitrogen and oxygen atoms in total. The summed E-state index contributed by atoms with van der Waals surface area (Å²) in [5.41, 5.74) is 0.418. The number of hydrogen-bond donors (Lipinski definition) is 0. The van der Waals surface area contributed by atoms with Crippen LogP contribution in [0.3, 0.4) is 0 Å². The van der Waals surface area contributed by atoms with Crippen LogP contribution in [0.5, 0.6) is 5.75 Å². The minimum atomic E-state index is -3.32. The summed E-state index contributed by atoms with van der Waals surface area (Å²) in [4.78, 5) is 10.8. The molecule has 0 amide bonds. The first-order chi connectivity index (χ1) is 7.39. The third kappa shape index (κ3) is 2.38. The second-order valence-corrected chi connectivity index (χ2v) is 3.67. The van der Waals surface area contributed by atoms with Gasteiger partial charge in [-0.1, -0.05) is 19.1 Å². The molecule has 1 rings (SSSR count). The number of carbonyl (C=O) groups excluding carboxylic acids is 1. The summed E-state index contributed by atoms with van der Waals surface area (Å²) in [7, 11) is 1.50. The minimum Gasteiger partial charge on any atom is -0.497 e. The molecule has 0 saturated heterocycles. The highest BCUT2D eigenvalue weighted by Crippen LogP contribution is 2.34. The number of hydrogen-bond acceptors (Lipinski definition) is 2.